The molecule has 3 rings (SSSR count). The van der Waals surface area contributed by atoms with Crippen LogP contribution in [0.25, 0.3) is 11.3 Å². The summed E-state index contributed by atoms with van der Waals surface area (Å²) in [5.41, 5.74) is 1.54. The van der Waals surface area contributed by atoms with Crippen LogP contribution in [0.5, 0.6) is 5.75 Å². The van der Waals surface area contributed by atoms with Gasteiger partial charge in [0, 0.05) is 12.6 Å². The van der Waals surface area contributed by atoms with Gasteiger partial charge in [-0.1, -0.05) is 0 Å². The summed E-state index contributed by atoms with van der Waals surface area (Å²) < 4.78 is 5.32. The summed E-state index contributed by atoms with van der Waals surface area (Å²) in [6.45, 7) is 0.00558. The molecule has 0 unspecified atom stereocenters. The number of carboxylic acid groups (broad SMARTS) is 1. The average molecular weight is 273 g/mol. The molecule has 0 saturated carbocycles. The highest BCUT2D eigenvalue weighted by atomic mass is 16.5. The minimum absolute atomic E-state index is 0.00558. The molecule has 1 aliphatic heterocycles. The highest BCUT2D eigenvalue weighted by Gasteiger charge is 2.24. The van der Waals surface area contributed by atoms with Crippen LogP contribution in [0.3, 0.4) is 0 Å². The van der Waals surface area contributed by atoms with Crippen LogP contribution in [-0.2, 0) is 4.79 Å². The summed E-state index contributed by atoms with van der Waals surface area (Å²) in [5, 5.41) is 9.09. The Labute approximate surface area is 113 Å². The SMILES string of the molecule is CN1C(=O)COc2ccc(-c3nc[nH]c3C(=O)O)cc21. The van der Waals surface area contributed by atoms with Crippen LogP contribution in [0, 0.1) is 0 Å². The smallest absolute Gasteiger partial charge is 0.354 e. The molecule has 7 nitrogen and oxygen atoms in total. The number of hydrogen-bond donors (Lipinski definition) is 2. The third-order valence-corrected chi connectivity index (χ3v) is 3.17. The molecule has 2 N–H and O–H groups in total. The first kappa shape index (κ1) is 12.2. The van der Waals surface area contributed by atoms with Crippen molar-refractivity contribution >= 4 is 17.6 Å². The van der Waals surface area contributed by atoms with Gasteiger partial charge in [0.05, 0.1) is 12.0 Å². The number of aromatic amines is 1. The lowest BCUT2D eigenvalue weighted by Gasteiger charge is -2.26. The van der Waals surface area contributed by atoms with Crippen molar-refractivity contribution in [3.63, 3.8) is 0 Å². The van der Waals surface area contributed by atoms with Crippen molar-refractivity contribution in [1.82, 2.24) is 9.97 Å². The van der Waals surface area contributed by atoms with Crippen LogP contribution in [0.2, 0.25) is 0 Å². The van der Waals surface area contributed by atoms with E-state index in [1.807, 2.05) is 0 Å². The topological polar surface area (TPSA) is 95.5 Å². The van der Waals surface area contributed by atoms with Gasteiger partial charge in [-0.2, -0.15) is 0 Å². The Balaban J connectivity index is 2.10. The van der Waals surface area contributed by atoms with E-state index in [-0.39, 0.29) is 18.2 Å². The van der Waals surface area contributed by atoms with Crippen LogP contribution in [0.1, 0.15) is 10.5 Å². The van der Waals surface area contributed by atoms with Gasteiger partial charge in [-0.3, -0.25) is 4.79 Å². The maximum atomic E-state index is 11.6. The van der Waals surface area contributed by atoms with Crippen molar-refractivity contribution in [2.75, 3.05) is 18.6 Å². The summed E-state index contributed by atoms with van der Waals surface area (Å²) >= 11 is 0. The number of carbonyl (C=O) groups is 2. The first-order chi connectivity index (χ1) is 9.58. The van der Waals surface area contributed by atoms with Gasteiger partial charge in [-0.15, -0.1) is 0 Å². The number of likely N-dealkylation sites (N-methyl/N-ethyl adjacent to an activating group) is 1. The van der Waals surface area contributed by atoms with E-state index in [9.17, 15) is 9.59 Å². The fourth-order valence-electron chi connectivity index (χ4n) is 2.10. The van der Waals surface area contributed by atoms with Crippen molar-refractivity contribution in [2.24, 2.45) is 0 Å². The third kappa shape index (κ3) is 1.80. The number of rotatable bonds is 2. The maximum absolute atomic E-state index is 11.6. The molecular weight excluding hydrogens is 262 g/mol. The van der Waals surface area contributed by atoms with Crippen LogP contribution >= 0.6 is 0 Å². The van der Waals surface area contributed by atoms with Gasteiger partial charge >= 0.3 is 5.97 Å². The van der Waals surface area contributed by atoms with Crippen LogP contribution in [0.4, 0.5) is 5.69 Å². The number of nitrogens with one attached hydrogen (secondary N) is 1. The van der Waals surface area contributed by atoms with Gasteiger partial charge in [0.15, 0.2) is 12.3 Å². The predicted octanol–water partition coefficient (Wildman–Crippen LogP) is 1.13. The zero-order valence-corrected chi connectivity index (χ0v) is 10.6. The molecule has 1 aromatic carbocycles. The Kier molecular flexibility index (Phi) is 2.67. The van der Waals surface area contributed by atoms with Crippen molar-refractivity contribution in [2.45, 2.75) is 0 Å². The quantitative estimate of drug-likeness (QED) is 0.855. The van der Waals surface area contributed by atoms with Crippen molar-refractivity contribution in [3.8, 4) is 17.0 Å². The number of aromatic carboxylic acids is 1. The highest BCUT2D eigenvalue weighted by Crippen LogP contribution is 2.35. The molecule has 0 fully saturated rings. The molecule has 0 spiro atoms. The van der Waals surface area contributed by atoms with Gasteiger partial charge in [0.2, 0.25) is 0 Å². The molecule has 7 heteroatoms. The van der Waals surface area contributed by atoms with Crippen LogP contribution < -0.4 is 9.64 Å². The minimum atomic E-state index is -1.09. The summed E-state index contributed by atoms with van der Waals surface area (Å²) in [4.78, 5) is 30.8. The Morgan fingerprint density at radius 3 is 3.05 bits per heavy atom. The van der Waals surface area contributed by atoms with Crippen molar-refractivity contribution in [1.29, 1.82) is 0 Å². The van der Waals surface area contributed by atoms with E-state index in [0.717, 1.165) is 0 Å². The van der Waals surface area contributed by atoms with Gasteiger partial charge in [0.1, 0.15) is 11.4 Å². The van der Waals surface area contributed by atoms with Crippen molar-refractivity contribution < 1.29 is 19.4 Å². The lowest BCUT2D eigenvalue weighted by Crippen LogP contribution is -2.35. The number of hydrogen-bond acceptors (Lipinski definition) is 4. The fourth-order valence-corrected chi connectivity index (χ4v) is 2.10. The van der Waals surface area contributed by atoms with E-state index >= 15 is 0 Å². The summed E-state index contributed by atoms with van der Waals surface area (Å²) in [6, 6.07) is 5.11. The minimum Gasteiger partial charge on any atom is -0.482 e. The number of H-pyrrole nitrogens is 1. The van der Waals surface area contributed by atoms with Gasteiger partial charge in [0.25, 0.3) is 5.91 Å². The fraction of sp³-hybridized carbons (Fsp3) is 0.154. The monoisotopic (exact) mass is 273 g/mol. The lowest BCUT2D eigenvalue weighted by atomic mass is 10.1. The summed E-state index contributed by atoms with van der Waals surface area (Å²) in [5.74, 6) is -0.658. The number of amides is 1. The predicted molar refractivity (Wildman–Crippen MR) is 69.9 cm³/mol. The average Bonchev–Trinajstić information content (AvgIpc) is 2.92. The molecule has 2 heterocycles. The van der Waals surface area contributed by atoms with Crippen LogP contribution in [0.15, 0.2) is 24.5 Å². The van der Waals surface area contributed by atoms with Gasteiger partial charge in [-0.05, 0) is 18.2 Å². The second-order valence-corrected chi connectivity index (χ2v) is 4.36. The molecule has 0 atom stereocenters. The Hall–Kier alpha value is -2.83. The number of carboxylic acids is 1. The zero-order valence-electron chi connectivity index (χ0n) is 10.6. The van der Waals surface area contributed by atoms with Crippen molar-refractivity contribution in [3.05, 3.63) is 30.2 Å². The van der Waals surface area contributed by atoms with Gasteiger partial charge in [-0.25, -0.2) is 9.78 Å². The lowest BCUT2D eigenvalue weighted by molar-refractivity contribution is -0.120. The number of anilines is 1. The number of fused-ring (bicyclic) bond motifs is 1. The number of aromatic nitrogens is 2. The molecule has 102 valence electrons. The van der Waals surface area contributed by atoms with E-state index in [4.69, 9.17) is 9.84 Å². The maximum Gasteiger partial charge on any atom is 0.354 e. The largest absolute Gasteiger partial charge is 0.482 e. The van der Waals surface area contributed by atoms with E-state index in [0.29, 0.717) is 22.7 Å². The molecule has 0 radical (unpaired) electrons. The van der Waals surface area contributed by atoms with Gasteiger partial charge < -0.3 is 19.7 Å². The number of imidazole rings is 1. The normalized spacial score (nSPS) is 13.8. The Morgan fingerprint density at radius 2 is 2.30 bits per heavy atom. The van der Waals surface area contributed by atoms with E-state index in [2.05, 4.69) is 9.97 Å². The third-order valence-electron chi connectivity index (χ3n) is 3.17. The molecule has 1 amide bonds. The number of benzene rings is 1. The summed E-state index contributed by atoms with van der Waals surface area (Å²) in [7, 11) is 1.65. The molecule has 1 aliphatic rings. The second kappa shape index (κ2) is 4.37. The van der Waals surface area contributed by atoms with E-state index in [1.54, 1.807) is 25.2 Å². The second-order valence-electron chi connectivity index (χ2n) is 4.36. The van der Waals surface area contributed by atoms with E-state index in [1.165, 1.54) is 11.2 Å². The zero-order chi connectivity index (χ0) is 14.3. The molecule has 0 bridgehead atoms. The van der Waals surface area contributed by atoms with E-state index < -0.39 is 5.97 Å². The molecule has 1 aromatic heterocycles. The first-order valence-electron chi connectivity index (χ1n) is 5.88. The Bertz CT molecular complexity index is 707. The van der Waals surface area contributed by atoms with Crippen LogP contribution in [-0.4, -0.2) is 40.6 Å². The number of nitrogens with zero attached hydrogens (tertiary/aromatic N) is 2. The highest BCUT2D eigenvalue weighted by molar-refractivity contribution is 5.99. The molecule has 0 aliphatic carbocycles. The summed E-state index contributed by atoms with van der Waals surface area (Å²) in [6.07, 6.45) is 1.32. The molecular formula is C13H11N3O4. The number of ether oxygens (including phenoxy) is 1. The molecule has 0 saturated heterocycles. The first-order valence-corrected chi connectivity index (χ1v) is 5.88. The Morgan fingerprint density at radius 1 is 1.50 bits per heavy atom. The molecule has 20 heavy (non-hydrogen) atoms. The standard InChI is InChI=1S/C13H11N3O4/c1-16-8-4-7(2-3-9(8)20-5-10(16)17)11-12(13(18)19)15-6-14-11/h2-4,6H,5H2,1H3,(H,14,15)(H,18,19). The molecule has 2 aromatic rings. The number of carbonyl (C=O) groups excluding carboxylic acids is 1.